The topological polar surface area (TPSA) is 38.8 Å². The molecule has 0 aromatic rings. The number of amides is 1. The van der Waals surface area contributed by atoms with E-state index in [-0.39, 0.29) is 18.2 Å². The maximum absolute atomic E-state index is 11.9. The molecule has 1 aliphatic heterocycles. The first-order chi connectivity index (χ1) is 7.33. The minimum absolute atomic E-state index is 0.0590. The van der Waals surface area contributed by atoms with Gasteiger partial charge < -0.3 is 14.4 Å². The lowest BCUT2D eigenvalue weighted by molar-refractivity contribution is -0.0567. The van der Waals surface area contributed by atoms with Gasteiger partial charge in [-0.2, -0.15) is 0 Å². The molecule has 0 spiro atoms. The number of hydrogen-bond acceptors (Lipinski definition) is 3. The molecule has 0 N–H and O–H groups in total. The van der Waals surface area contributed by atoms with Gasteiger partial charge in [0.05, 0.1) is 25.3 Å². The fourth-order valence-electron chi connectivity index (χ4n) is 1.49. The SMILES string of the molecule is C[C@@H]1CO[C@@H](CBr)CN1C(=O)OC(C)(C)C. The van der Waals surface area contributed by atoms with Crippen LogP contribution in [0.5, 0.6) is 0 Å². The summed E-state index contributed by atoms with van der Waals surface area (Å²) in [6, 6.07) is 0.0742. The molecule has 1 amide bonds. The minimum Gasteiger partial charge on any atom is -0.444 e. The predicted octanol–water partition coefficient (Wildman–Crippen LogP) is 2.41. The third kappa shape index (κ3) is 3.94. The lowest BCUT2D eigenvalue weighted by atomic mass is 10.2. The van der Waals surface area contributed by atoms with E-state index in [1.807, 2.05) is 27.7 Å². The predicted molar refractivity (Wildman–Crippen MR) is 65.9 cm³/mol. The molecule has 5 heteroatoms. The second-order valence-corrected chi connectivity index (χ2v) is 5.74. The van der Waals surface area contributed by atoms with E-state index in [2.05, 4.69) is 15.9 Å². The Balaban J connectivity index is 2.59. The number of ether oxygens (including phenoxy) is 2. The maximum Gasteiger partial charge on any atom is 0.410 e. The first-order valence-electron chi connectivity index (χ1n) is 5.50. The van der Waals surface area contributed by atoms with E-state index in [1.165, 1.54) is 0 Å². The summed E-state index contributed by atoms with van der Waals surface area (Å²) >= 11 is 3.37. The fourth-order valence-corrected chi connectivity index (χ4v) is 1.88. The molecule has 0 radical (unpaired) electrons. The summed E-state index contributed by atoms with van der Waals surface area (Å²) in [5.41, 5.74) is -0.445. The number of carbonyl (C=O) groups is 1. The monoisotopic (exact) mass is 293 g/mol. The van der Waals surface area contributed by atoms with Gasteiger partial charge >= 0.3 is 6.09 Å². The van der Waals surface area contributed by atoms with Crippen molar-refractivity contribution < 1.29 is 14.3 Å². The molecule has 1 rings (SSSR count). The van der Waals surface area contributed by atoms with Crippen LogP contribution in [-0.2, 0) is 9.47 Å². The maximum atomic E-state index is 11.9. The first kappa shape index (κ1) is 13.8. The van der Waals surface area contributed by atoms with E-state index < -0.39 is 5.60 Å². The highest BCUT2D eigenvalue weighted by molar-refractivity contribution is 9.09. The van der Waals surface area contributed by atoms with Gasteiger partial charge in [-0.15, -0.1) is 0 Å². The lowest BCUT2D eigenvalue weighted by Gasteiger charge is -2.38. The van der Waals surface area contributed by atoms with Crippen molar-refractivity contribution in [3.05, 3.63) is 0 Å². The summed E-state index contributed by atoms with van der Waals surface area (Å²) < 4.78 is 10.9. The van der Waals surface area contributed by atoms with Crippen LogP contribution in [-0.4, -0.2) is 47.2 Å². The van der Waals surface area contributed by atoms with E-state index in [0.29, 0.717) is 13.2 Å². The Morgan fingerprint density at radius 1 is 1.56 bits per heavy atom. The van der Waals surface area contributed by atoms with Gasteiger partial charge in [0, 0.05) is 5.33 Å². The minimum atomic E-state index is -0.445. The van der Waals surface area contributed by atoms with Gasteiger partial charge in [-0.3, -0.25) is 0 Å². The Morgan fingerprint density at radius 3 is 2.69 bits per heavy atom. The molecule has 0 aromatic carbocycles. The molecular weight excluding hydrogens is 274 g/mol. The third-order valence-corrected chi connectivity index (χ3v) is 3.03. The summed E-state index contributed by atoms with van der Waals surface area (Å²) in [4.78, 5) is 13.7. The first-order valence-corrected chi connectivity index (χ1v) is 6.63. The van der Waals surface area contributed by atoms with Crippen molar-refractivity contribution >= 4 is 22.0 Å². The van der Waals surface area contributed by atoms with Gasteiger partial charge in [-0.1, -0.05) is 15.9 Å². The fraction of sp³-hybridized carbons (Fsp3) is 0.909. The van der Waals surface area contributed by atoms with E-state index in [1.54, 1.807) is 4.90 Å². The lowest BCUT2D eigenvalue weighted by Crippen LogP contribution is -2.52. The Morgan fingerprint density at radius 2 is 2.19 bits per heavy atom. The molecular formula is C11H20BrNO3. The zero-order valence-electron chi connectivity index (χ0n) is 10.3. The molecule has 1 fully saturated rings. The van der Waals surface area contributed by atoms with Crippen molar-refractivity contribution in [2.75, 3.05) is 18.5 Å². The molecule has 0 aromatic heterocycles. The van der Waals surface area contributed by atoms with Crippen molar-refractivity contribution in [2.45, 2.75) is 45.4 Å². The third-order valence-electron chi connectivity index (χ3n) is 2.31. The Labute approximate surface area is 105 Å². The molecule has 1 heterocycles. The molecule has 0 saturated carbocycles. The van der Waals surface area contributed by atoms with E-state index in [4.69, 9.17) is 9.47 Å². The van der Waals surface area contributed by atoms with Gasteiger partial charge in [0.15, 0.2) is 0 Å². The second kappa shape index (κ2) is 5.36. The van der Waals surface area contributed by atoms with Crippen LogP contribution in [0.25, 0.3) is 0 Å². The van der Waals surface area contributed by atoms with Gasteiger partial charge in [0.2, 0.25) is 0 Å². The largest absolute Gasteiger partial charge is 0.444 e. The van der Waals surface area contributed by atoms with Crippen LogP contribution in [0.1, 0.15) is 27.7 Å². The number of rotatable bonds is 1. The van der Waals surface area contributed by atoms with Crippen LogP contribution in [0.4, 0.5) is 4.79 Å². The number of halogens is 1. The standard InChI is InChI=1S/C11H20BrNO3/c1-8-7-15-9(5-12)6-13(8)10(14)16-11(2,3)4/h8-9H,5-7H2,1-4H3/t8-,9+/m1/s1. The van der Waals surface area contributed by atoms with Crippen molar-refractivity contribution in [2.24, 2.45) is 0 Å². The van der Waals surface area contributed by atoms with Crippen molar-refractivity contribution in [1.29, 1.82) is 0 Å². The van der Waals surface area contributed by atoms with Crippen LogP contribution in [0.2, 0.25) is 0 Å². The highest BCUT2D eigenvalue weighted by atomic mass is 79.9. The van der Waals surface area contributed by atoms with E-state index in [9.17, 15) is 4.79 Å². The Kier molecular flexibility index (Phi) is 4.62. The van der Waals surface area contributed by atoms with Crippen molar-refractivity contribution in [3.63, 3.8) is 0 Å². The molecule has 0 unspecified atom stereocenters. The zero-order valence-corrected chi connectivity index (χ0v) is 11.9. The van der Waals surface area contributed by atoms with Crippen LogP contribution in [0.15, 0.2) is 0 Å². The second-order valence-electron chi connectivity index (χ2n) is 5.09. The van der Waals surface area contributed by atoms with Crippen molar-refractivity contribution in [1.82, 2.24) is 4.90 Å². The molecule has 2 atom stereocenters. The number of morpholine rings is 1. The molecule has 94 valence electrons. The number of alkyl halides is 1. The van der Waals surface area contributed by atoms with Crippen LogP contribution >= 0.6 is 15.9 Å². The Bertz CT molecular complexity index is 252. The number of hydrogen-bond donors (Lipinski definition) is 0. The molecule has 1 aliphatic rings. The quantitative estimate of drug-likeness (QED) is 0.697. The average Bonchev–Trinajstić information content (AvgIpc) is 2.15. The summed E-state index contributed by atoms with van der Waals surface area (Å²) in [7, 11) is 0. The highest BCUT2D eigenvalue weighted by Crippen LogP contribution is 2.17. The molecule has 0 bridgehead atoms. The van der Waals surface area contributed by atoms with Crippen LogP contribution in [0.3, 0.4) is 0 Å². The van der Waals surface area contributed by atoms with Gasteiger partial charge in [0.25, 0.3) is 0 Å². The Hall–Kier alpha value is -0.290. The van der Waals surface area contributed by atoms with Crippen molar-refractivity contribution in [3.8, 4) is 0 Å². The van der Waals surface area contributed by atoms with Gasteiger partial charge in [-0.25, -0.2) is 4.79 Å². The average molecular weight is 294 g/mol. The highest BCUT2D eigenvalue weighted by Gasteiger charge is 2.32. The smallest absolute Gasteiger partial charge is 0.410 e. The number of nitrogens with zero attached hydrogens (tertiary/aromatic N) is 1. The zero-order chi connectivity index (χ0) is 12.3. The van der Waals surface area contributed by atoms with Crippen LogP contribution < -0.4 is 0 Å². The summed E-state index contributed by atoms with van der Waals surface area (Å²) in [5, 5.41) is 0.735. The molecule has 4 nitrogen and oxygen atoms in total. The summed E-state index contributed by atoms with van der Waals surface area (Å²) in [6.45, 7) is 8.74. The molecule has 16 heavy (non-hydrogen) atoms. The molecule has 1 saturated heterocycles. The van der Waals surface area contributed by atoms with Gasteiger partial charge in [0.1, 0.15) is 5.60 Å². The van der Waals surface area contributed by atoms with Crippen LogP contribution in [0, 0.1) is 0 Å². The normalized spacial score (nSPS) is 26.7. The van der Waals surface area contributed by atoms with E-state index >= 15 is 0 Å². The molecule has 0 aliphatic carbocycles. The summed E-state index contributed by atoms with van der Waals surface area (Å²) in [6.07, 6.45) is -0.196. The van der Waals surface area contributed by atoms with E-state index in [0.717, 1.165) is 5.33 Å². The summed E-state index contributed by atoms with van der Waals surface area (Å²) in [5.74, 6) is 0. The number of carbonyl (C=O) groups excluding carboxylic acids is 1. The van der Waals surface area contributed by atoms with Gasteiger partial charge in [-0.05, 0) is 27.7 Å².